The minimum Gasteiger partial charge on any atom is -0.481 e. The van der Waals surface area contributed by atoms with Gasteiger partial charge in [-0.1, -0.05) is 19.3 Å². The zero-order valence-electron chi connectivity index (χ0n) is 12.5. The van der Waals surface area contributed by atoms with Gasteiger partial charge in [-0.25, -0.2) is 0 Å². The molecule has 3 fully saturated rings. The summed E-state index contributed by atoms with van der Waals surface area (Å²) in [5.74, 6) is -0.517. The third-order valence-corrected chi connectivity index (χ3v) is 5.96. The number of rotatable bonds is 3. The van der Waals surface area contributed by atoms with Crippen molar-refractivity contribution >= 4 is 11.9 Å². The predicted octanol–water partition coefficient (Wildman–Crippen LogP) is 1.64. The van der Waals surface area contributed by atoms with Crippen molar-refractivity contribution in [2.75, 3.05) is 13.1 Å². The maximum atomic E-state index is 12.5. The molecule has 1 aliphatic heterocycles. The predicted molar refractivity (Wildman–Crippen MR) is 76.6 cm³/mol. The van der Waals surface area contributed by atoms with Crippen molar-refractivity contribution in [1.29, 1.82) is 0 Å². The molecule has 21 heavy (non-hydrogen) atoms. The van der Waals surface area contributed by atoms with Crippen molar-refractivity contribution in [1.82, 2.24) is 4.90 Å². The Balaban J connectivity index is 1.63. The molecule has 0 aromatic heterocycles. The van der Waals surface area contributed by atoms with E-state index in [1.54, 1.807) is 4.90 Å². The Kier molecular flexibility index (Phi) is 3.95. The number of nitrogens with zero attached hydrogens (tertiary/aromatic N) is 1. The molecule has 3 aliphatic rings. The molecule has 0 aromatic carbocycles. The van der Waals surface area contributed by atoms with Crippen LogP contribution < -0.4 is 0 Å². The Hall–Kier alpha value is -1.10. The molecule has 0 bridgehead atoms. The number of fused-ring (bicyclic) bond motifs is 1. The first-order chi connectivity index (χ1) is 10.0. The van der Waals surface area contributed by atoms with Gasteiger partial charge in [0.05, 0.1) is 11.5 Å². The number of aliphatic hydroxyl groups excluding tert-OH is 1. The fourth-order valence-corrected chi connectivity index (χ4v) is 4.61. The number of carbonyl (C=O) groups is 2. The smallest absolute Gasteiger partial charge is 0.311 e. The van der Waals surface area contributed by atoms with E-state index in [9.17, 15) is 19.8 Å². The molecule has 1 saturated heterocycles. The van der Waals surface area contributed by atoms with E-state index >= 15 is 0 Å². The fraction of sp³-hybridized carbons (Fsp3) is 0.875. The summed E-state index contributed by atoms with van der Waals surface area (Å²) in [6.45, 7) is 0.961. The maximum Gasteiger partial charge on any atom is 0.311 e. The van der Waals surface area contributed by atoms with E-state index in [1.165, 1.54) is 0 Å². The Bertz CT molecular complexity index is 438. The highest BCUT2D eigenvalue weighted by Crippen LogP contribution is 2.49. The number of carboxylic acids is 1. The van der Waals surface area contributed by atoms with E-state index in [2.05, 4.69) is 0 Å². The lowest BCUT2D eigenvalue weighted by Crippen LogP contribution is -2.38. The summed E-state index contributed by atoms with van der Waals surface area (Å²) in [6.07, 6.45) is 6.41. The molecule has 4 atom stereocenters. The largest absolute Gasteiger partial charge is 0.481 e. The van der Waals surface area contributed by atoms with E-state index in [1.807, 2.05) is 0 Å². The van der Waals surface area contributed by atoms with Gasteiger partial charge in [-0.3, -0.25) is 9.59 Å². The lowest BCUT2D eigenvalue weighted by molar-refractivity contribution is -0.149. The molecule has 5 nitrogen and oxygen atoms in total. The van der Waals surface area contributed by atoms with Gasteiger partial charge in [0, 0.05) is 19.5 Å². The lowest BCUT2D eigenvalue weighted by Gasteiger charge is -2.29. The minimum absolute atomic E-state index is 0.0379. The van der Waals surface area contributed by atoms with Gasteiger partial charge in [0.25, 0.3) is 0 Å². The van der Waals surface area contributed by atoms with Crippen molar-refractivity contribution in [2.45, 2.75) is 57.5 Å². The highest BCUT2D eigenvalue weighted by atomic mass is 16.4. The Morgan fingerprint density at radius 3 is 2.57 bits per heavy atom. The van der Waals surface area contributed by atoms with E-state index in [0.717, 1.165) is 38.5 Å². The van der Waals surface area contributed by atoms with E-state index in [-0.39, 0.29) is 23.8 Å². The number of carbonyl (C=O) groups excluding carboxylic acids is 1. The molecule has 0 radical (unpaired) electrons. The van der Waals surface area contributed by atoms with Gasteiger partial charge in [-0.15, -0.1) is 0 Å². The SMILES string of the molecule is O=C(C[C@@H]1CCCC[C@H]1O)N1C[C@@H]2CCC[C@@]2(C(=O)O)C1. The fourth-order valence-electron chi connectivity index (χ4n) is 4.61. The van der Waals surface area contributed by atoms with E-state index in [0.29, 0.717) is 25.9 Å². The summed E-state index contributed by atoms with van der Waals surface area (Å²) in [6, 6.07) is 0. The van der Waals surface area contributed by atoms with Crippen LogP contribution in [0.15, 0.2) is 0 Å². The average molecular weight is 295 g/mol. The molecule has 5 heteroatoms. The van der Waals surface area contributed by atoms with Crippen molar-refractivity contribution < 1.29 is 19.8 Å². The Morgan fingerprint density at radius 2 is 1.90 bits per heavy atom. The van der Waals surface area contributed by atoms with Crippen LogP contribution in [-0.2, 0) is 9.59 Å². The third kappa shape index (κ3) is 2.56. The standard InChI is InChI=1S/C16H25NO4/c18-13-6-2-1-4-11(13)8-14(19)17-9-12-5-3-7-16(12,10-17)15(20)21/h11-13,18H,1-10H2,(H,20,21)/t11-,12-,13+,16+/m0/s1. The summed E-state index contributed by atoms with van der Waals surface area (Å²) in [5, 5.41) is 19.6. The number of amides is 1. The molecule has 1 heterocycles. The van der Waals surface area contributed by atoms with Crippen LogP contribution in [0.2, 0.25) is 0 Å². The van der Waals surface area contributed by atoms with Gasteiger partial charge in [0.1, 0.15) is 0 Å². The van der Waals surface area contributed by atoms with Crippen LogP contribution in [0, 0.1) is 17.3 Å². The van der Waals surface area contributed by atoms with Gasteiger partial charge in [-0.05, 0) is 37.5 Å². The number of carboxylic acid groups (broad SMARTS) is 1. The second-order valence-corrected chi connectivity index (χ2v) is 7.14. The van der Waals surface area contributed by atoms with Gasteiger partial charge in [-0.2, -0.15) is 0 Å². The number of aliphatic hydroxyl groups is 1. The maximum absolute atomic E-state index is 12.5. The molecule has 118 valence electrons. The van der Waals surface area contributed by atoms with Crippen LogP contribution >= 0.6 is 0 Å². The van der Waals surface area contributed by atoms with Gasteiger partial charge in [0.2, 0.25) is 5.91 Å². The van der Waals surface area contributed by atoms with Gasteiger partial charge >= 0.3 is 5.97 Å². The van der Waals surface area contributed by atoms with Crippen molar-refractivity contribution in [2.24, 2.45) is 17.3 Å². The van der Waals surface area contributed by atoms with E-state index in [4.69, 9.17) is 0 Å². The normalized spacial score (nSPS) is 39.3. The molecule has 1 amide bonds. The molecule has 2 saturated carbocycles. The molecule has 2 aliphatic carbocycles. The molecule has 0 aromatic rings. The van der Waals surface area contributed by atoms with Gasteiger partial charge in [0.15, 0.2) is 0 Å². The zero-order valence-corrected chi connectivity index (χ0v) is 12.5. The van der Waals surface area contributed by atoms with Crippen LogP contribution in [0.5, 0.6) is 0 Å². The Labute approximate surface area is 125 Å². The summed E-state index contributed by atoms with van der Waals surface area (Å²) >= 11 is 0. The number of likely N-dealkylation sites (tertiary alicyclic amines) is 1. The van der Waals surface area contributed by atoms with Crippen LogP contribution in [-0.4, -0.2) is 46.2 Å². The quantitative estimate of drug-likeness (QED) is 0.829. The first kappa shape index (κ1) is 14.8. The Morgan fingerprint density at radius 1 is 1.14 bits per heavy atom. The minimum atomic E-state index is -0.738. The highest BCUT2D eigenvalue weighted by Gasteiger charge is 2.55. The van der Waals surface area contributed by atoms with Gasteiger partial charge < -0.3 is 15.1 Å². The summed E-state index contributed by atoms with van der Waals surface area (Å²) in [5.41, 5.74) is -0.694. The van der Waals surface area contributed by atoms with Crippen molar-refractivity contribution in [3.05, 3.63) is 0 Å². The van der Waals surface area contributed by atoms with Crippen molar-refractivity contribution in [3.63, 3.8) is 0 Å². The number of aliphatic carboxylic acids is 1. The molecule has 2 N–H and O–H groups in total. The second kappa shape index (κ2) is 5.59. The molecule has 0 unspecified atom stereocenters. The number of hydrogen-bond donors (Lipinski definition) is 2. The third-order valence-electron chi connectivity index (χ3n) is 5.96. The second-order valence-electron chi connectivity index (χ2n) is 7.14. The summed E-state index contributed by atoms with van der Waals surface area (Å²) in [7, 11) is 0. The van der Waals surface area contributed by atoms with Crippen molar-refractivity contribution in [3.8, 4) is 0 Å². The average Bonchev–Trinajstić information content (AvgIpc) is 2.99. The van der Waals surface area contributed by atoms with Crippen LogP contribution in [0.3, 0.4) is 0 Å². The summed E-state index contributed by atoms with van der Waals surface area (Å²) < 4.78 is 0. The number of hydrogen-bond acceptors (Lipinski definition) is 3. The van der Waals surface area contributed by atoms with Crippen LogP contribution in [0.1, 0.15) is 51.4 Å². The molecule has 0 spiro atoms. The molecular formula is C16H25NO4. The first-order valence-corrected chi connectivity index (χ1v) is 8.22. The highest BCUT2D eigenvalue weighted by molar-refractivity contribution is 5.81. The zero-order chi connectivity index (χ0) is 15.0. The lowest BCUT2D eigenvalue weighted by atomic mass is 9.81. The molecular weight excluding hydrogens is 270 g/mol. The summed E-state index contributed by atoms with van der Waals surface area (Å²) in [4.78, 5) is 25.9. The van der Waals surface area contributed by atoms with Crippen LogP contribution in [0.4, 0.5) is 0 Å². The molecule has 3 rings (SSSR count). The monoisotopic (exact) mass is 295 g/mol. The van der Waals surface area contributed by atoms with E-state index < -0.39 is 11.4 Å². The van der Waals surface area contributed by atoms with Crippen LogP contribution in [0.25, 0.3) is 0 Å². The first-order valence-electron chi connectivity index (χ1n) is 8.22. The topological polar surface area (TPSA) is 77.8 Å².